The zero-order valence-corrected chi connectivity index (χ0v) is 14.0. The minimum Gasteiger partial charge on any atom is -0.482 e. The summed E-state index contributed by atoms with van der Waals surface area (Å²) in [5.41, 5.74) is 2.66. The zero-order valence-electron chi connectivity index (χ0n) is 14.0. The third-order valence-electron chi connectivity index (χ3n) is 3.92. The largest absolute Gasteiger partial charge is 0.482 e. The number of esters is 1. The van der Waals surface area contributed by atoms with E-state index in [0.717, 1.165) is 0 Å². The van der Waals surface area contributed by atoms with Crippen molar-refractivity contribution >= 4 is 29.2 Å². The van der Waals surface area contributed by atoms with E-state index in [4.69, 9.17) is 9.47 Å². The number of benzene rings is 1. The molecule has 8 nitrogen and oxygen atoms in total. The molecule has 1 aliphatic heterocycles. The molecule has 0 saturated heterocycles. The van der Waals surface area contributed by atoms with Gasteiger partial charge in [-0.3, -0.25) is 9.59 Å². The number of rotatable bonds is 3. The van der Waals surface area contributed by atoms with Gasteiger partial charge >= 0.3 is 5.97 Å². The molecule has 1 aromatic heterocycles. The van der Waals surface area contributed by atoms with Crippen molar-refractivity contribution in [3.8, 4) is 5.75 Å². The number of amides is 2. The van der Waals surface area contributed by atoms with Gasteiger partial charge in [-0.1, -0.05) is 0 Å². The fourth-order valence-corrected chi connectivity index (χ4v) is 2.74. The number of aryl methyl sites for hydroxylation is 1. The van der Waals surface area contributed by atoms with Gasteiger partial charge in [0.15, 0.2) is 6.61 Å². The lowest BCUT2D eigenvalue weighted by Gasteiger charge is -2.18. The number of aromatic nitrogens is 1. The van der Waals surface area contributed by atoms with E-state index < -0.39 is 11.9 Å². The molecule has 0 saturated carbocycles. The number of hydrogen-bond donors (Lipinski definition) is 3. The zero-order chi connectivity index (χ0) is 18.1. The van der Waals surface area contributed by atoms with Gasteiger partial charge in [-0.25, -0.2) is 4.79 Å². The number of methoxy groups -OCH3 is 1. The quantitative estimate of drug-likeness (QED) is 0.739. The van der Waals surface area contributed by atoms with Crippen LogP contribution in [0.1, 0.15) is 32.1 Å². The van der Waals surface area contributed by atoms with Crippen molar-refractivity contribution in [2.24, 2.45) is 0 Å². The highest BCUT2D eigenvalue weighted by molar-refractivity contribution is 6.07. The van der Waals surface area contributed by atoms with Gasteiger partial charge in [0.2, 0.25) is 0 Å². The van der Waals surface area contributed by atoms with Crippen molar-refractivity contribution in [3.05, 3.63) is 40.7 Å². The summed E-state index contributed by atoms with van der Waals surface area (Å²) in [5, 5.41) is 5.41. The number of hydrogen-bond acceptors (Lipinski definition) is 5. The Bertz CT molecular complexity index is 885. The SMILES string of the molecule is COC(=O)c1c(C)[nH]c(C(=O)Nc2ccc3c(c2)NC(=O)CO3)c1C. The molecular weight excluding hydrogens is 326 g/mol. The second-order valence-electron chi connectivity index (χ2n) is 5.62. The highest BCUT2D eigenvalue weighted by Crippen LogP contribution is 2.30. The van der Waals surface area contributed by atoms with E-state index in [1.807, 2.05) is 0 Å². The van der Waals surface area contributed by atoms with Gasteiger partial charge in [0, 0.05) is 11.4 Å². The van der Waals surface area contributed by atoms with Crippen LogP contribution in [-0.4, -0.2) is 36.5 Å². The number of carbonyl (C=O) groups is 3. The van der Waals surface area contributed by atoms with Crippen LogP contribution in [0.2, 0.25) is 0 Å². The van der Waals surface area contributed by atoms with Crippen LogP contribution in [0.5, 0.6) is 5.75 Å². The molecule has 0 aliphatic carbocycles. The average Bonchev–Trinajstić information content (AvgIpc) is 2.88. The average molecular weight is 343 g/mol. The number of fused-ring (bicyclic) bond motifs is 1. The molecular formula is C17H17N3O5. The van der Waals surface area contributed by atoms with Crippen molar-refractivity contribution in [1.29, 1.82) is 0 Å². The van der Waals surface area contributed by atoms with Gasteiger partial charge in [-0.15, -0.1) is 0 Å². The monoisotopic (exact) mass is 343 g/mol. The second kappa shape index (κ2) is 6.31. The molecule has 25 heavy (non-hydrogen) atoms. The van der Waals surface area contributed by atoms with E-state index in [-0.39, 0.29) is 18.2 Å². The number of ether oxygens (including phenoxy) is 2. The first-order valence-electron chi connectivity index (χ1n) is 7.56. The fourth-order valence-electron chi connectivity index (χ4n) is 2.74. The number of H-pyrrole nitrogens is 1. The number of anilines is 2. The standard InChI is InChI=1S/C17H17N3O5/c1-8-14(17(23)24-3)9(2)18-15(8)16(22)19-10-4-5-12-11(6-10)20-13(21)7-25-12/h4-6,18H,7H2,1-3H3,(H,19,22)(H,20,21). The molecule has 1 aliphatic rings. The Hall–Kier alpha value is -3.29. The molecule has 0 unspecified atom stereocenters. The van der Waals surface area contributed by atoms with E-state index in [2.05, 4.69) is 15.6 Å². The van der Waals surface area contributed by atoms with Crippen LogP contribution in [-0.2, 0) is 9.53 Å². The van der Waals surface area contributed by atoms with Gasteiger partial charge in [0.1, 0.15) is 11.4 Å². The summed E-state index contributed by atoms with van der Waals surface area (Å²) < 4.78 is 10.0. The van der Waals surface area contributed by atoms with Crippen LogP contribution in [0.25, 0.3) is 0 Å². The Kier molecular flexibility index (Phi) is 4.18. The molecule has 2 heterocycles. The minimum atomic E-state index is -0.501. The maximum absolute atomic E-state index is 12.5. The molecule has 0 radical (unpaired) electrons. The lowest BCUT2D eigenvalue weighted by molar-refractivity contribution is -0.118. The van der Waals surface area contributed by atoms with Gasteiger partial charge in [-0.2, -0.15) is 0 Å². The summed E-state index contributed by atoms with van der Waals surface area (Å²) in [4.78, 5) is 38.6. The molecule has 8 heteroatoms. The van der Waals surface area contributed by atoms with Crippen molar-refractivity contribution in [3.63, 3.8) is 0 Å². The molecule has 0 spiro atoms. The van der Waals surface area contributed by atoms with Crippen molar-refractivity contribution in [2.45, 2.75) is 13.8 Å². The Morgan fingerprint density at radius 3 is 2.76 bits per heavy atom. The topological polar surface area (TPSA) is 110 Å². The summed E-state index contributed by atoms with van der Waals surface area (Å²) in [5.74, 6) is -0.621. The minimum absolute atomic E-state index is 0.0318. The maximum atomic E-state index is 12.5. The second-order valence-corrected chi connectivity index (χ2v) is 5.62. The van der Waals surface area contributed by atoms with Crippen LogP contribution >= 0.6 is 0 Å². The van der Waals surface area contributed by atoms with Crippen LogP contribution < -0.4 is 15.4 Å². The molecule has 0 bridgehead atoms. The Balaban J connectivity index is 1.85. The molecule has 2 amide bonds. The first-order chi connectivity index (χ1) is 11.9. The van der Waals surface area contributed by atoms with Gasteiger partial charge in [0.05, 0.1) is 18.4 Å². The van der Waals surface area contributed by atoms with Crippen LogP contribution in [0.15, 0.2) is 18.2 Å². The molecule has 130 valence electrons. The summed E-state index contributed by atoms with van der Waals surface area (Å²) >= 11 is 0. The summed E-state index contributed by atoms with van der Waals surface area (Å²) in [7, 11) is 1.29. The van der Waals surface area contributed by atoms with E-state index in [1.165, 1.54) is 7.11 Å². The lowest BCUT2D eigenvalue weighted by atomic mass is 10.1. The molecule has 2 aromatic rings. The molecule has 1 aromatic carbocycles. The number of nitrogens with one attached hydrogen (secondary N) is 3. The van der Waals surface area contributed by atoms with Crippen LogP contribution in [0, 0.1) is 13.8 Å². The number of carbonyl (C=O) groups excluding carboxylic acids is 3. The van der Waals surface area contributed by atoms with Crippen molar-refractivity contribution in [2.75, 3.05) is 24.4 Å². The highest BCUT2D eigenvalue weighted by Gasteiger charge is 2.23. The maximum Gasteiger partial charge on any atom is 0.339 e. The Morgan fingerprint density at radius 1 is 1.28 bits per heavy atom. The Morgan fingerprint density at radius 2 is 2.04 bits per heavy atom. The van der Waals surface area contributed by atoms with Gasteiger partial charge in [-0.05, 0) is 37.6 Å². The molecule has 3 rings (SSSR count). The summed E-state index contributed by atoms with van der Waals surface area (Å²) in [6, 6.07) is 4.94. The third-order valence-corrected chi connectivity index (χ3v) is 3.92. The predicted molar refractivity (Wildman–Crippen MR) is 90.1 cm³/mol. The van der Waals surface area contributed by atoms with Crippen molar-refractivity contribution in [1.82, 2.24) is 4.98 Å². The highest BCUT2D eigenvalue weighted by atomic mass is 16.5. The molecule has 0 atom stereocenters. The summed E-state index contributed by atoms with van der Waals surface area (Å²) in [6.07, 6.45) is 0. The van der Waals surface area contributed by atoms with Gasteiger partial charge in [0.25, 0.3) is 11.8 Å². The smallest absolute Gasteiger partial charge is 0.339 e. The number of aromatic amines is 1. The summed E-state index contributed by atoms with van der Waals surface area (Å²) in [6.45, 7) is 3.34. The van der Waals surface area contributed by atoms with E-state index >= 15 is 0 Å². The van der Waals surface area contributed by atoms with Crippen LogP contribution in [0.4, 0.5) is 11.4 Å². The normalized spacial score (nSPS) is 12.7. The molecule has 3 N–H and O–H groups in total. The van der Waals surface area contributed by atoms with E-state index in [0.29, 0.717) is 33.9 Å². The lowest BCUT2D eigenvalue weighted by Crippen LogP contribution is -2.25. The Labute approximate surface area is 143 Å². The van der Waals surface area contributed by atoms with E-state index in [1.54, 1.807) is 32.0 Å². The molecule has 0 fully saturated rings. The first-order valence-corrected chi connectivity index (χ1v) is 7.56. The van der Waals surface area contributed by atoms with Crippen molar-refractivity contribution < 1.29 is 23.9 Å². The first kappa shape index (κ1) is 16.6. The predicted octanol–water partition coefficient (Wildman–Crippen LogP) is 2.00. The van der Waals surface area contributed by atoms with Gasteiger partial charge < -0.3 is 25.1 Å². The van der Waals surface area contributed by atoms with E-state index in [9.17, 15) is 14.4 Å². The van der Waals surface area contributed by atoms with Crippen LogP contribution in [0.3, 0.4) is 0 Å². The fraction of sp³-hybridized carbons (Fsp3) is 0.235. The third kappa shape index (κ3) is 3.06.